The molecule has 0 aromatic heterocycles. The maximum atomic E-state index is 5.91. The summed E-state index contributed by atoms with van der Waals surface area (Å²) in [6, 6.07) is 0. The monoisotopic (exact) mass is 162 g/mol. The van der Waals surface area contributed by atoms with Crippen LogP contribution in [-0.4, -0.2) is 4.33 Å². The van der Waals surface area contributed by atoms with Gasteiger partial charge in [-0.15, -0.1) is 0 Å². The smallest absolute Gasteiger partial charge is 0.0960 e. The standard InChI is InChI=1S/C7H8Cl2/c8-7(9)5-3-1-2-4-6(5)7/h3,6H,1-2,4H2. The molecule has 0 amide bonds. The maximum Gasteiger partial charge on any atom is 0.146 e. The third kappa shape index (κ3) is 0.731. The lowest BCUT2D eigenvalue weighted by atomic mass is 10.1. The number of rotatable bonds is 0. The number of alkyl halides is 2. The fourth-order valence-corrected chi connectivity index (χ4v) is 2.31. The van der Waals surface area contributed by atoms with E-state index in [4.69, 9.17) is 23.2 Å². The highest BCUT2D eigenvalue weighted by Crippen LogP contribution is 2.62. The highest BCUT2D eigenvalue weighted by atomic mass is 35.5. The molecule has 0 aromatic carbocycles. The average Bonchev–Trinajstić information content (AvgIpc) is 2.39. The molecule has 50 valence electrons. The van der Waals surface area contributed by atoms with Crippen LogP contribution in [0.1, 0.15) is 19.3 Å². The Bertz CT molecular complexity index is 170. The molecule has 2 aliphatic rings. The van der Waals surface area contributed by atoms with Crippen LogP contribution in [0.2, 0.25) is 0 Å². The van der Waals surface area contributed by atoms with Crippen LogP contribution in [0.25, 0.3) is 0 Å². The van der Waals surface area contributed by atoms with Crippen molar-refractivity contribution in [3.05, 3.63) is 11.6 Å². The summed E-state index contributed by atoms with van der Waals surface area (Å²) in [5, 5.41) is 0. The zero-order valence-electron chi connectivity index (χ0n) is 5.03. The van der Waals surface area contributed by atoms with E-state index in [0.717, 1.165) is 0 Å². The molecule has 0 heterocycles. The summed E-state index contributed by atoms with van der Waals surface area (Å²) < 4.78 is -0.448. The summed E-state index contributed by atoms with van der Waals surface area (Å²) >= 11 is 11.8. The van der Waals surface area contributed by atoms with E-state index in [9.17, 15) is 0 Å². The van der Waals surface area contributed by atoms with Crippen molar-refractivity contribution in [1.82, 2.24) is 0 Å². The van der Waals surface area contributed by atoms with Crippen molar-refractivity contribution in [3.8, 4) is 0 Å². The van der Waals surface area contributed by atoms with Gasteiger partial charge in [0.15, 0.2) is 0 Å². The first kappa shape index (κ1) is 6.06. The van der Waals surface area contributed by atoms with E-state index in [2.05, 4.69) is 6.08 Å². The molecule has 0 nitrogen and oxygen atoms in total. The largest absolute Gasteiger partial charge is 0.146 e. The summed E-state index contributed by atoms with van der Waals surface area (Å²) in [7, 11) is 0. The lowest BCUT2D eigenvalue weighted by Gasteiger charge is -1.97. The number of fused-ring (bicyclic) bond motifs is 1. The van der Waals surface area contributed by atoms with Crippen LogP contribution in [0.4, 0.5) is 0 Å². The Morgan fingerprint density at radius 1 is 1.56 bits per heavy atom. The molecule has 1 unspecified atom stereocenters. The SMILES string of the molecule is ClC1(Cl)C2=CCCCC21. The molecule has 0 aromatic rings. The normalized spacial score (nSPS) is 37.1. The van der Waals surface area contributed by atoms with E-state index in [1.807, 2.05) is 0 Å². The van der Waals surface area contributed by atoms with Gasteiger partial charge in [0, 0.05) is 5.92 Å². The first-order valence-corrected chi connectivity index (χ1v) is 4.07. The van der Waals surface area contributed by atoms with E-state index in [0.29, 0.717) is 5.92 Å². The molecule has 9 heavy (non-hydrogen) atoms. The summed E-state index contributed by atoms with van der Waals surface area (Å²) in [6.07, 6.45) is 5.81. The lowest BCUT2D eigenvalue weighted by molar-refractivity contribution is 0.666. The maximum absolute atomic E-state index is 5.91. The fourth-order valence-electron chi connectivity index (χ4n) is 1.55. The van der Waals surface area contributed by atoms with Crippen molar-refractivity contribution >= 4 is 23.2 Å². The van der Waals surface area contributed by atoms with E-state index >= 15 is 0 Å². The Kier molecular flexibility index (Phi) is 1.13. The molecule has 1 saturated carbocycles. The molecular weight excluding hydrogens is 155 g/mol. The first-order chi connectivity index (χ1) is 4.23. The summed E-state index contributed by atoms with van der Waals surface area (Å²) in [6.45, 7) is 0. The number of halogens is 2. The molecule has 1 atom stereocenters. The van der Waals surface area contributed by atoms with Gasteiger partial charge < -0.3 is 0 Å². The van der Waals surface area contributed by atoms with Crippen molar-refractivity contribution in [1.29, 1.82) is 0 Å². The van der Waals surface area contributed by atoms with Crippen molar-refractivity contribution in [2.75, 3.05) is 0 Å². The van der Waals surface area contributed by atoms with Gasteiger partial charge in [-0.25, -0.2) is 0 Å². The van der Waals surface area contributed by atoms with Gasteiger partial charge in [-0.3, -0.25) is 0 Å². The zero-order valence-corrected chi connectivity index (χ0v) is 6.54. The molecule has 0 bridgehead atoms. The molecular formula is C7H8Cl2. The molecule has 1 fully saturated rings. The molecule has 2 aliphatic carbocycles. The summed E-state index contributed by atoms with van der Waals surface area (Å²) in [5.41, 5.74) is 1.28. The Labute approximate surface area is 64.8 Å². The van der Waals surface area contributed by atoms with Gasteiger partial charge >= 0.3 is 0 Å². The zero-order chi connectivity index (χ0) is 6.48. The molecule has 0 radical (unpaired) electrons. The third-order valence-corrected chi connectivity index (χ3v) is 3.14. The molecule has 0 saturated heterocycles. The van der Waals surface area contributed by atoms with Gasteiger partial charge in [0.05, 0.1) is 0 Å². The molecule has 0 aliphatic heterocycles. The Morgan fingerprint density at radius 3 is 2.78 bits per heavy atom. The average molecular weight is 163 g/mol. The first-order valence-electron chi connectivity index (χ1n) is 3.31. The van der Waals surface area contributed by atoms with Crippen LogP contribution in [0.3, 0.4) is 0 Å². The summed E-state index contributed by atoms with van der Waals surface area (Å²) in [5.74, 6) is 0.509. The molecule has 0 spiro atoms. The molecule has 2 rings (SSSR count). The highest BCUT2D eigenvalue weighted by Gasteiger charge is 2.57. The van der Waals surface area contributed by atoms with Crippen molar-refractivity contribution in [2.45, 2.75) is 23.6 Å². The minimum absolute atomic E-state index is 0.448. The van der Waals surface area contributed by atoms with Gasteiger partial charge in [-0.05, 0) is 24.8 Å². The number of hydrogen-bond acceptors (Lipinski definition) is 0. The fraction of sp³-hybridized carbons (Fsp3) is 0.714. The second-order valence-corrected chi connectivity index (χ2v) is 4.15. The Hall–Kier alpha value is 0.320. The van der Waals surface area contributed by atoms with Gasteiger partial charge in [-0.2, -0.15) is 0 Å². The van der Waals surface area contributed by atoms with Gasteiger partial charge in [-0.1, -0.05) is 29.3 Å². The second kappa shape index (κ2) is 1.67. The van der Waals surface area contributed by atoms with Gasteiger partial charge in [0.1, 0.15) is 4.33 Å². The number of allylic oxidation sites excluding steroid dienone is 2. The highest BCUT2D eigenvalue weighted by molar-refractivity contribution is 6.54. The van der Waals surface area contributed by atoms with E-state index in [1.54, 1.807) is 0 Å². The third-order valence-electron chi connectivity index (χ3n) is 2.18. The molecule has 2 heteroatoms. The van der Waals surface area contributed by atoms with E-state index in [-0.39, 0.29) is 0 Å². The predicted octanol–water partition coefficient (Wildman–Crippen LogP) is 2.90. The topological polar surface area (TPSA) is 0 Å². The predicted molar refractivity (Wildman–Crippen MR) is 39.9 cm³/mol. The van der Waals surface area contributed by atoms with Crippen LogP contribution in [-0.2, 0) is 0 Å². The van der Waals surface area contributed by atoms with E-state index in [1.165, 1.54) is 24.8 Å². The van der Waals surface area contributed by atoms with Crippen LogP contribution < -0.4 is 0 Å². The van der Waals surface area contributed by atoms with Gasteiger partial charge in [0.2, 0.25) is 0 Å². The van der Waals surface area contributed by atoms with Crippen LogP contribution in [0.15, 0.2) is 11.6 Å². The minimum atomic E-state index is -0.448. The van der Waals surface area contributed by atoms with Crippen molar-refractivity contribution < 1.29 is 0 Å². The lowest BCUT2D eigenvalue weighted by Crippen LogP contribution is -1.88. The van der Waals surface area contributed by atoms with Crippen molar-refractivity contribution in [2.24, 2.45) is 5.92 Å². The summed E-state index contributed by atoms with van der Waals surface area (Å²) in [4.78, 5) is 0. The van der Waals surface area contributed by atoms with Gasteiger partial charge in [0.25, 0.3) is 0 Å². The Morgan fingerprint density at radius 2 is 2.33 bits per heavy atom. The Balaban J connectivity index is 2.25. The molecule has 0 N–H and O–H groups in total. The van der Waals surface area contributed by atoms with Crippen LogP contribution in [0.5, 0.6) is 0 Å². The van der Waals surface area contributed by atoms with Crippen LogP contribution >= 0.6 is 23.2 Å². The minimum Gasteiger partial charge on any atom is -0.0960 e. The number of hydrogen-bond donors (Lipinski definition) is 0. The van der Waals surface area contributed by atoms with Crippen molar-refractivity contribution in [3.63, 3.8) is 0 Å². The second-order valence-electron chi connectivity index (χ2n) is 2.77. The van der Waals surface area contributed by atoms with Crippen LogP contribution in [0, 0.1) is 5.92 Å². The van der Waals surface area contributed by atoms with E-state index < -0.39 is 4.33 Å². The quantitative estimate of drug-likeness (QED) is 0.380.